The number of carbonyl (C=O) groups excluding carboxylic acids is 1. The van der Waals surface area contributed by atoms with Crippen LogP contribution in [0.3, 0.4) is 0 Å². The molecule has 11 heteroatoms. The van der Waals surface area contributed by atoms with E-state index in [4.69, 9.17) is 19.6 Å². The third kappa shape index (κ3) is 6.20. The number of hydrogen-bond donors (Lipinski definition) is 1. The molecular formula is C43H36N6O5. The van der Waals surface area contributed by atoms with Gasteiger partial charge in [0.15, 0.2) is 0 Å². The minimum absolute atomic E-state index is 0.147. The van der Waals surface area contributed by atoms with Crippen molar-refractivity contribution < 1.29 is 19.2 Å². The number of carbonyl (C=O) groups is 1. The number of pyridine rings is 1. The van der Waals surface area contributed by atoms with Crippen LogP contribution >= 0.6 is 0 Å². The molecule has 7 aromatic rings. The van der Waals surface area contributed by atoms with E-state index in [-0.39, 0.29) is 16.9 Å². The minimum Gasteiger partial charge on any atom is -0.465 e. The summed E-state index contributed by atoms with van der Waals surface area (Å²) in [5.41, 5.74) is 4.88. The molecule has 5 aromatic carbocycles. The normalized spacial score (nSPS) is 13.1. The number of nitrogens with zero attached hydrogens (tertiary/aromatic N) is 5. The van der Waals surface area contributed by atoms with Crippen LogP contribution in [0.25, 0.3) is 22.3 Å². The number of fused-ring (bicyclic) bond motifs is 1. The van der Waals surface area contributed by atoms with Gasteiger partial charge in [-0.1, -0.05) is 109 Å². The molecule has 1 aliphatic heterocycles. The zero-order valence-corrected chi connectivity index (χ0v) is 29.5. The monoisotopic (exact) mass is 716 g/mol. The molecule has 1 aliphatic rings. The Labute approximate surface area is 311 Å². The van der Waals surface area contributed by atoms with Gasteiger partial charge in [0.2, 0.25) is 0 Å². The van der Waals surface area contributed by atoms with Crippen molar-refractivity contribution in [3.05, 3.63) is 178 Å². The van der Waals surface area contributed by atoms with Crippen LogP contribution in [-0.2, 0) is 15.0 Å². The van der Waals surface area contributed by atoms with Gasteiger partial charge in [0, 0.05) is 30.4 Å². The lowest BCUT2D eigenvalue weighted by Gasteiger charge is -2.36. The van der Waals surface area contributed by atoms with Crippen molar-refractivity contribution >= 4 is 39.6 Å². The van der Waals surface area contributed by atoms with Crippen molar-refractivity contribution in [2.24, 2.45) is 0 Å². The lowest BCUT2D eigenvalue weighted by molar-refractivity contribution is -0.384. The molecule has 1 saturated heterocycles. The minimum atomic E-state index is -0.829. The van der Waals surface area contributed by atoms with Gasteiger partial charge in [-0.05, 0) is 47.0 Å². The number of esters is 1. The SMILES string of the molecule is COC(=O)c1cc(N2CCOCC2)cc(Nc2cc(-c3ccn(C(c4ccccc4)(c4ccccc4)c4ccccc4)n3)nc3ccccc23)c1[N+](=O)[O-]. The number of para-hydroxylation sites is 1. The van der Waals surface area contributed by atoms with Crippen molar-refractivity contribution in [2.45, 2.75) is 5.54 Å². The average molecular weight is 717 g/mol. The number of rotatable bonds is 10. The number of nitro groups is 1. The Kier molecular flexibility index (Phi) is 9.29. The number of ether oxygens (including phenoxy) is 2. The first-order valence-electron chi connectivity index (χ1n) is 17.6. The second-order valence-corrected chi connectivity index (χ2v) is 12.9. The quantitative estimate of drug-likeness (QED) is 0.0645. The molecule has 2 aromatic heterocycles. The predicted molar refractivity (Wildman–Crippen MR) is 208 cm³/mol. The fraction of sp³-hybridized carbons (Fsp3) is 0.140. The fourth-order valence-corrected chi connectivity index (χ4v) is 7.32. The Morgan fingerprint density at radius 1 is 0.778 bits per heavy atom. The first-order valence-corrected chi connectivity index (χ1v) is 17.6. The molecule has 1 fully saturated rings. The highest BCUT2D eigenvalue weighted by molar-refractivity contribution is 6.01. The van der Waals surface area contributed by atoms with Gasteiger partial charge in [0.1, 0.15) is 22.5 Å². The number of morpholine rings is 1. The van der Waals surface area contributed by atoms with Crippen molar-refractivity contribution in [1.29, 1.82) is 0 Å². The van der Waals surface area contributed by atoms with E-state index >= 15 is 0 Å². The highest BCUT2D eigenvalue weighted by atomic mass is 16.6. The number of aromatic nitrogens is 3. The van der Waals surface area contributed by atoms with Gasteiger partial charge >= 0.3 is 11.7 Å². The highest BCUT2D eigenvalue weighted by Gasteiger charge is 2.39. The molecule has 0 atom stereocenters. The second-order valence-electron chi connectivity index (χ2n) is 12.9. The summed E-state index contributed by atoms with van der Waals surface area (Å²) in [5.74, 6) is -0.801. The van der Waals surface area contributed by atoms with E-state index in [2.05, 4.69) is 41.7 Å². The van der Waals surface area contributed by atoms with Crippen LogP contribution < -0.4 is 10.2 Å². The number of hydrogen-bond acceptors (Lipinski definition) is 9. The highest BCUT2D eigenvalue weighted by Crippen LogP contribution is 2.42. The molecule has 0 unspecified atom stereocenters. The van der Waals surface area contributed by atoms with Crippen LogP contribution in [0.15, 0.2) is 146 Å². The summed E-state index contributed by atoms with van der Waals surface area (Å²) in [5, 5.41) is 22.0. The van der Waals surface area contributed by atoms with E-state index in [1.807, 2.05) is 107 Å². The summed E-state index contributed by atoms with van der Waals surface area (Å²) >= 11 is 0. The molecule has 11 nitrogen and oxygen atoms in total. The van der Waals surface area contributed by atoms with Crippen molar-refractivity contribution in [1.82, 2.24) is 14.8 Å². The number of benzene rings is 5. The molecule has 0 bridgehead atoms. The summed E-state index contributed by atoms with van der Waals surface area (Å²) in [4.78, 5) is 32.1. The van der Waals surface area contributed by atoms with Crippen LogP contribution in [-0.4, -0.2) is 59.1 Å². The second kappa shape index (κ2) is 14.6. The smallest absolute Gasteiger partial charge is 0.345 e. The predicted octanol–water partition coefficient (Wildman–Crippen LogP) is 8.21. The topological polar surface area (TPSA) is 125 Å². The van der Waals surface area contributed by atoms with Crippen LogP contribution in [0.1, 0.15) is 27.0 Å². The van der Waals surface area contributed by atoms with Crippen LogP contribution in [0.2, 0.25) is 0 Å². The van der Waals surface area contributed by atoms with Crippen molar-refractivity contribution in [3.63, 3.8) is 0 Å². The van der Waals surface area contributed by atoms with Gasteiger partial charge in [-0.25, -0.2) is 9.78 Å². The molecule has 0 saturated carbocycles. The summed E-state index contributed by atoms with van der Waals surface area (Å²) in [6.07, 6.45) is 1.96. The largest absolute Gasteiger partial charge is 0.465 e. The van der Waals surface area contributed by atoms with Gasteiger partial charge < -0.3 is 19.7 Å². The first kappa shape index (κ1) is 34.2. The Morgan fingerprint density at radius 3 is 1.96 bits per heavy atom. The van der Waals surface area contributed by atoms with E-state index in [9.17, 15) is 14.9 Å². The Bertz CT molecular complexity index is 2350. The zero-order valence-electron chi connectivity index (χ0n) is 29.5. The number of methoxy groups -OCH3 is 1. The maximum absolute atomic E-state index is 13.0. The van der Waals surface area contributed by atoms with Crippen LogP contribution in [0.4, 0.5) is 22.7 Å². The lowest BCUT2D eigenvalue weighted by Crippen LogP contribution is -2.38. The molecule has 1 N–H and O–H groups in total. The third-order valence-corrected chi connectivity index (χ3v) is 9.81. The Balaban J connectivity index is 1.29. The summed E-state index contributed by atoms with van der Waals surface area (Å²) in [6.45, 7) is 2.13. The van der Waals surface area contributed by atoms with E-state index in [0.29, 0.717) is 54.6 Å². The van der Waals surface area contributed by atoms with Crippen molar-refractivity contribution in [2.75, 3.05) is 43.6 Å². The molecule has 8 rings (SSSR count). The lowest BCUT2D eigenvalue weighted by atomic mass is 9.77. The molecule has 3 heterocycles. The molecule has 0 radical (unpaired) electrons. The average Bonchev–Trinajstić information content (AvgIpc) is 3.72. The summed E-state index contributed by atoms with van der Waals surface area (Å²) in [7, 11) is 1.21. The van der Waals surface area contributed by atoms with E-state index in [1.165, 1.54) is 13.2 Å². The van der Waals surface area contributed by atoms with Gasteiger partial charge in [-0.3, -0.25) is 14.8 Å². The Hall–Kier alpha value is -6.85. The maximum atomic E-state index is 13.0. The van der Waals surface area contributed by atoms with Crippen LogP contribution in [0, 0.1) is 10.1 Å². The van der Waals surface area contributed by atoms with E-state index < -0.39 is 16.4 Å². The van der Waals surface area contributed by atoms with Crippen molar-refractivity contribution in [3.8, 4) is 11.4 Å². The number of anilines is 3. The molecule has 0 amide bonds. The van der Waals surface area contributed by atoms with Gasteiger partial charge in [-0.2, -0.15) is 5.10 Å². The van der Waals surface area contributed by atoms with Gasteiger partial charge in [0.25, 0.3) is 0 Å². The first-order chi connectivity index (χ1) is 26.5. The molecule has 268 valence electrons. The maximum Gasteiger partial charge on any atom is 0.345 e. The van der Waals surface area contributed by atoms with Crippen LogP contribution in [0.5, 0.6) is 0 Å². The third-order valence-electron chi connectivity index (χ3n) is 9.81. The van der Waals surface area contributed by atoms with Gasteiger partial charge in [0.05, 0.1) is 42.1 Å². The van der Waals surface area contributed by atoms with E-state index in [1.54, 1.807) is 6.07 Å². The summed E-state index contributed by atoms with van der Waals surface area (Å²) in [6, 6.07) is 45.4. The molecular weight excluding hydrogens is 681 g/mol. The van der Waals surface area contributed by atoms with Gasteiger partial charge in [-0.15, -0.1) is 0 Å². The zero-order chi connectivity index (χ0) is 37.1. The van der Waals surface area contributed by atoms with E-state index in [0.717, 1.165) is 22.1 Å². The molecule has 54 heavy (non-hydrogen) atoms. The standard InChI is InChI=1S/C43H36N6O5/c1-53-42(50)35-27-33(47-23-25-54-26-24-47)28-40(41(35)49(51)52)45-38-29-39(44-36-20-12-11-19-34(36)38)37-21-22-48(46-37)43(30-13-5-2-6-14-30,31-15-7-3-8-16-31)32-17-9-4-10-18-32/h2-22,27-29H,23-26H2,1H3,(H,44,45). The fourth-order valence-electron chi connectivity index (χ4n) is 7.32. The molecule has 0 aliphatic carbocycles. The number of nitrogens with one attached hydrogen (secondary N) is 1. The summed E-state index contributed by atoms with van der Waals surface area (Å²) < 4.78 is 12.5. The number of nitro benzene ring substituents is 1. The molecule has 0 spiro atoms. The Morgan fingerprint density at radius 2 is 1.37 bits per heavy atom.